The number of carbonyl (C=O) groups excluding carboxylic acids is 1. The number of rotatable bonds is 7. The van der Waals surface area contributed by atoms with E-state index in [1.807, 2.05) is 18.2 Å². The van der Waals surface area contributed by atoms with Gasteiger partial charge in [0.25, 0.3) is 5.91 Å². The standard InChI is InChI=1S/C21H20ClN3O2/c1-27-19-10-9-16(22)14-18(19)25-21(26)17-8-5-12-23-20(17)24-13-11-15-6-3-2-4-7-15/h2-10,12,14H,11,13H2,1H3,(H,23,24)(H,25,26). The first-order valence-electron chi connectivity index (χ1n) is 8.55. The van der Waals surface area contributed by atoms with Gasteiger partial charge in [0.05, 0.1) is 18.4 Å². The fraction of sp³-hybridized carbons (Fsp3) is 0.143. The molecule has 0 atom stereocenters. The van der Waals surface area contributed by atoms with Crippen molar-refractivity contribution in [1.82, 2.24) is 4.98 Å². The first kappa shape index (κ1) is 18.7. The molecule has 3 rings (SSSR count). The number of hydrogen-bond acceptors (Lipinski definition) is 4. The molecule has 0 bridgehead atoms. The molecule has 0 unspecified atom stereocenters. The van der Waals surface area contributed by atoms with Crippen LogP contribution in [-0.2, 0) is 6.42 Å². The number of halogens is 1. The Morgan fingerprint density at radius 2 is 1.93 bits per heavy atom. The summed E-state index contributed by atoms with van der Waals surface area (Å²) in [6.07, 6.45) is 2.49. The van der Waals surface area contributed by atoms with Crippen LogP contribution in [0.3, 0.4) is 0 Å². The predicted octanol–water partition coefficient (Wildman–Crippen LogP) is 4.65. The van der Waals surface area contributed by atoms with E-state index in [0.29, 0.717) is 34.4 Å². The van der Waals surface area contributed by atoms with Crippen LogP contribution < -0.4 is 15.4 Å². The monoisotopic (exact) mass is 381 g/mol. The fourth-order valence-electron chi connectivity index (χ4n) is 2.67. The summed E-state index contributed by atoms with van der Waals surface area (Å²) in [5, 5.41) is 6.59. The highest BCUT2D eigenvalue weighted by Crippen LogP contribution is 2.28. The lowest BCUT2D eigenvalue weighted by Crippen LogP contribution is -2.17. The summed E-state index contributed by atoms with van der Waals surface area (Å²) in [4.78, 5) is 17.1. The summed E-state index contributed by atoms with van der Waals surface area (Å²) in [6.45, 7) is 0.668. The molecule has 27 heavy (non-hydrogen) atoms. The van der Waals surface area contributed by atoms with Crippen molar-refractivity contribution in [1.29, 1.82) is 0 Å². The van der Waals surface area contributed by atoms with Gasteiger partial charge < -0.3 is 15.4 Å². The lowest BCUT2D eigenvalue weighted by molar-refractivity contribution is 0.102. The summed E-state index contributed by atoms with van der Waals surface area (Å²) in [7, 11) is 1.54. The zero-order valence-corrected chi connectivity index (χ0v) is 15.7. The molecule has 1 aromatic heterocycles. The molecule has 0 saturated heterocycles. The number of hydrogen-bond donors (Lipinski definition) is 2. The minimum absolute atomic E-state index is 0.286. The van der Waals surface area contributed by atoms with Crippen molar-refractivity contribution in [3.8, 4) is 5.75 Å². The number of carbonyl (C=O) groups is 1. The third kappa shape index (κ3) is 4.99. The molecule has 0 spiro atoms. The number of ether oxygens (including phenoxy) is 1. The van der Waals surface area contributed by atoms with Gasteiger partial charge in [0.1, 0.15) is 11.6 Å². The molecule has 138 valence electrons. The van der Waals surface area contributed by atoms with E-state index >= 15 is 0 Å². The summed E-state index contributed by atoms with van der Waals surface area (Å²) in [5.74, 6) is 0.785. The average Bonchev–Trinajstić information content (AvgIpc) is 2.69. The number of aromatic nitrogens is 1. The van der Waals surface area contributed by atoms with E-state index < -0.39 is 0 Å². The molecular weight excluding hydrogens is 362 g/mol. The first-order valence-corrected chi connectivity index (χ1v) is 8.93. The van der Waals surface area contributed by atoms with E-state index in [1.54, 1.807) is 43.6 Å². The Hall–Kier alpha value is -3.05. The van der Waals surface area contributed by atoms with E-state index in [-0.39, 0.29) is 5.91 Å². The van der Waals surface area contributed by atoms with E-state index in [9.17, 15) is 4.79 Å². The third-order valence-corrected chi connectivity index (χ3v) is 4.25. The lowest BCUT2D eigenvalue weighted by Gasteiger charge is -2.13. The number of nitrogens with one attached hydrogen (secondary N) is 2. The van der Waals surface area contributed by atoms with Gasteiger partial charge in [0, 0.05) is 17.8 Å². The van der Waals surface area contributed by atoms with Gasteiger partial charge in [-0.2, -0.15) is 0 Å². The SMILES string of the molecule is COc1ccc(Cl)cc1NC(=O)c1cccnc1NCCc1ccccc1. The van der Waals surface area contributed by atoms with Gasteiger partial charge in [-0.3, -0.25) is 4.79 Å². The number of nitrogens with zero attached hydrogens (tertiary/aromatic N) is 1. The Labute approximate surface area is 163 Å². The smallest absolute Gasteiger partial charge is 0.259 e. The zero-order valence-electron chi connectivity index (χ0n) is 14.9. The van der Waals surface area contributed by atoms with Gasteiger partial charge in [0.2, 0.25) is 0 Å². The van der Waals surface area contributed by atoms with Crippen LogP contribution in [0, 0.1) is 0 Å². The van der Waals surface area contributed by atoms with Gasteiger partial charge in [-0.1, -0.05) is 41.9 Å². The van der Waals surface area contributed by atoms with Gasteiger partial charge in [-0.15, -0.1) is 0 Å². The topological polar surface area (TPSA) is 63.2 Å². The Kier molecular flexibility index (Phi) is 6.28. The Morgan fingerprint density at radius 1 is 1.11 bits per heavy atom. The van der Waals surface area contributed by atoms with Crippen molar-refractivity contribution in [2.45, 2.75) is 6.42 Å². The summed E-state index contributed by atoms with van der Waals surface area (Å²) >= 11 is 6.03. The predicted molar refractivity (Wildman–Crippen MR) is 109 cm³/mol. The maximum Gasteiger partial charge on any atom is 0.259 e. The molecule has 0 fully saturated rings. The van der Waals surface area contributed by atoms with Crippen molar-refractivity contribution in [2.75, 3.05) is 24.3 Å². The fourth-order valence-corrected chi connectivity index (χ4v) is 2.84. The van der Waals surface area contributed by atoms with Crippen molar-refractivity contribution >= 4 is 29.0 Å². The van der Waals surface area contributed by atoms with Crippen LogP contribution in [0.1, 0.15) is 15.9 Å². The first-order chi connectivity index (χ1) is 13.2. The Morgan fingerprint density at radius 3 is 2.70 bits per heavy atom. The minimum Gasteiger partial charge on any atom is -0.495 e. The van der Waals surface area contributed by atoms with Gasteiger partial charge in [-0.05, 0) is 42.3 Å². The maximum absolute atomic E-state index is 12.8. The lowest BCUT2D eigenvalue weighted by atomic mass is 10.1. The number of amides is 1. The number of methoxy groups -OCH3 is 1. The molecule has 1 amide bonds. The van der Waals surface area contributed by atoms with E-state index in [1.165, 1.54) is 5.56 Å². The second-order valence-corrected chi connectivity index (χ2v) is 6.30. The molecule has 2 aromatic carbocycles. The van der Waals surface area contributed by atoms with Crippen LogP contribution in [0.5, 0.6) is 5.75 Å². The molecule has 0 aliphatic carbocycles. The number of anilines is 2. The minimum atomic E-state index is -0.286. The highest BCUT2D eigenvalue weighted by molar-refractivity contribution is 6.31. The number of pyridine rings is 1. The highest BCUT2D eigenvalue weighted by atomic mass is 35.5. The zero-order chi connectivity index (χ0) is 19.1. The van der Waals surface area contributed by atoms with Crippen molar-refractivity contribution in [3.63, 3.8) is 0 Å². The number of benzene rings is 2. The molecule has 3 aromatic rings. The maximum atomic E-state index is 12.8. The third-order valence-electron chi connectivity index (χ3n) is 4.01. The van der Waals surface area contributed by atoms with Crippen molar-refractivity contribution in [3.05, 3.63) is 83.0 Å². The molecule has 0 aliphatic heterocycles. The summed E-state index contributed by atoms with van der Waals surface area (Å²) in [5.41, 5.74) is 2.18. The van der Waals surface area contributed by atoms with E-state index in [2.05, 4.69) is 27.8 Å². The van der Waals surface area contributed by atoms with Crippen LogP contribution in [0.2, 0.25) is 5.02 Å². The molecule has 0 radical (unpaired) electrons. The van der Waals surface area contributed by atoms with Crippen LogP contribution in [-0.4, -0.2) is 24.5 Å². The molecule has 0 saturated carbocycles. The van der Waals surface area contributed by atoms with Gasteiger partial charge in [-0.25, -0.2) is 4.98 Å². The van der Waals surface area contributed by atoms with Crippen LogP contribution in [0.25, 0.3) is 0 Å². The summed E-state index contributed by atoms with van der Waals surface area (Å²) < 4.78 is 5.28. The van der Waals surface area contributed by atoms with Crippen molar-refractivity contribution < 1.29 is 9.53 Å². The Balaban J connectivity index is 1.71. The Bertz CT molecular complexity index is 916. The van der Waals surface area contributed by atoms with Crippen LogP contribution in [0.4, 0.5) is 11.5 Å². The van der Waals surface area contributed by atoms with E-state index in [4.69, 9.17) is 16.3 Å². The van der Waals surface area contributed by atoms with Crippen LogP contribution in [0.15, 0.2) is 66.9 Å². The van der Waals surface area contributed by atoms with E-state index in [0.717, 1.165) is 6.42 Å². The largest absolute Gasteiger partial charge is 0.495 e. The highest BCUT2D eigenvalue weighted by Gasteiger charge is 2.14. The molecule has 6 heteroatoms. The second kappa shape index (κ2) is 9.05. The van der Waals surface area contributed by atoms with Gasteiger partial charge >= 0.3 is 0 Å². The molecule has 1 heterocycles. The van der Waals surface area contributed by atoms with Crippen LogP contribution >= 0.6 is 11.6 Å². The molecular formula is C21H20ClN3O2. The molecule has 0 aliphatic rings. The second-order valence-electron chi connectivity index (χ2n) is 5.86. The molecule has 5 nitrogen and oxygen atoms in total. The normalized spacial score (nSPS) is 10.3. The molecule has 2 N–H and O–H groups in total. The average molecular weight is 382 g/mol. The summed E-state index contributed by atoms with van der Waals surface area (Å²) in [6, 6.07) is 18.7. The quantitative estimate of drug-likeness (QED) is 0.625. The van der Waals surface area contributed by atoms with Gasteiger partial charge in [0.15, 0.2) is 0 Å². The van der Waals surface area contributed by atoms with Crippen molar-refractivity contribution in [2.24, 2.45) is 0 Å².